The van der Waals surface area contributed by atoms with E-state index in [9.17, 15) is 4.79 Å². The average molecular weight is 396 g/mol. The summed E-state index contributed by atoms with van der Waals surface area (Å²) in [4.78, 5) is 19.0. The number of ether oxygens (including phenoxy) is 2. The summed E-state index contributed by atoms with van der Waals surface area (Å²) in [6, 6.07) is 8.00. The number of fused-ring (bicyclic) bond motifs is 2. The van der Waals surface area contributed by atoms with Crippen LogP contribution in [0.4, 0.5) is 11.4 Å². The average Bonchev–Trinajstić information content (AvgIpc) is 3.18. The van der Waals surface area contributed by atoms with E-state index in [0.717, 1.165) is 47.6 Å². The number of aromatic nitrogens is 1. The SMILES string of the molecule is Cc1ccncc1Nc1ccc2c(c1)CN1CCCC1C(=O)NCCOCCO2. The van der Waals surface area contributed by atoms with Gasteiger partial charge in [0.2, 0.25) is 5.91 Å². The first-order valence-electron chi connectivity index (χ1n) is 10.2. The van der Waals surface area contributed by atoms with Crippen LogP contribution in [0.2, 0.25) is 0 Å². The molecule has 1 saturated heterocycles. The molecule has 1 fully saturated rings. The summed E-state index contributed by atoms with van der Waals surface area (Å²) in [6.07, 6.45) is 5.52. The fourth-order valence-corrected chi connectivity index (χ4v) is 3.88. The van der Waals surface area contributed by atoms with E-state index < -0.39 is 0 Å². The summed E-state index contributed by atoms with van der Waals surface area (Å²) >= 11 is 0. The minimum Gasteiger partial charge on any atom is -0.491 e. The molecular weight excluding hydrogens is 368 g/mol. The maximum Gasteiger partial charge on any atom is 0.237 e. The van der Waals surface area contributed by atoms with Crippen molar-refractivity contribution in [3.8, 4) is 5.75 Å². The predicted octanol–water partition coefficient (Wildman–Crippen LogP) is 2.62. The van der Waals surface area contributed by atoms with Crippen molar-refractivity contribution < 1.29 is 14.3 Å². The highest BCUT2D eigenvalue weighted by molar-refractivity contribution is 5.82. The summed E-state index contributed by atoms with van der Waals surface area (Å²) in [6.45, 7) is 5.66. The number of aryl methyl sites for hydroxylation is 1. The first kappa shape index (κ1) is 19.7. The molecule has 2 aliphatic heterocycles. The first-order valence-corrected chi connectivity index (χ1v) is 10.2. The summed E-state index contributed by atoms with van der Waals surface area (Å²) in [7, 11) is 0. The summed E-state index contributed by atoms with van der Waals surface area (Å²) in [5.41, 5.74) is 4.15. The van der Waals surface area contributed by atoms with Crippen LogP contribution in [0.3, 0.4) is 0 Å². The molecule has 0 aliphatic carbocycles. The lowest BCUT2D eigenvalue weighted by molar-refractivity contribution is -0.125. The van der Waals surface area contributed by atoms with Crippen LogP contribution < -0.4 is 15.4 Å². The maximum absolute atomic E-state index is 12.6. The van der Waals surface area contributed by atoms with E-state index in [1.165, 1.54) is 0 Å². The first-order chi connectivity index (χ1) is 14.2. The second kappa shape index (κ2) is 9.24. The topological polar surface area (TPSA) is 75.7 Å². The van der Waals surface area contributed by atoms with E-state index in [1.807, 2.05) is 24.4 Å². The number of nitrogens with zero attached hydrogens (tertiary/aromatic N) is 2. The number of pyridine rings is 1. The van der Waals surface area contributed by atoms with Gasteiger partial charge in [0.25, 0.3) is 0 Å². The fourth-order valence-electron chi connectivity index (χ4n) is 3.88. The van der Waals surface area contributed by atoms with Gasteiger partial charge in [-0.2, -0.15) is 0 Å². The normalized spacial score (nSPS) is 20.9. The van der Waals surface area contributed by atoms with Gasteiger partial charge >= 0.3 is 0 Å². The van der Waals surface area contributed by atoms with Crippen molar-refractivity contribution in [3.63, 3.8) is 0 Å². The van der Waals surface area contributed by atoms with E-state index in [0.29, 0.717) is 32.9 Å². The van der Waals surface area contributed by atoms with Crippen LogP contribution >= 0.6 is 0 Å². The van der Waals surface area contributed by atoms with Gasteiger partial charge in [0.15, 0.2) is 0 Å². The highest BCUT2D eigenvalue weighted by Gasteiger charge is 2.31. The summed E-state index contributed by atoms with van der Waals surface area (Å²) in [5.74, 6) is 0.931. The molecule has 2 aliphatic rings. The third-order valence-electron chi connectivity index (χ3n) is 5.45. The number of rotatable bonds is 2. The van der Waals surface area contributed by atoms with Crippen molar-refractivity contribution in [2.75, 3.05) is 38.2 Å². The third-order valence-corrected chi connectivity index (χ3v) is 5.45. The molecule has 1 aromatic carbocycles. The van der Waals surface area contributed by atoms with E-state index >= 15 is 0 Å². The Hall–Kier alpha value is -2.64. The molecule has 3 heterocycles. The van der Waals surface area contributed by atoms with E-state index in [1.54, 1.807) is 6.20 Å². The van der Waals surface area contributed by atoms with Gasteiger partial charge < -0.3 is 20.1 Å². The zero-order valence-corrected chi connectivity index (χ0v) is 16.8. The van der Waals surface area contributed by atoms with E-state index in [4.69, 9.17) is 9.47 Å². The Kier molecular flexibility index (Phi) is 6.27. The van der Waals surface area contributed by atoms with Crippen LogP contribution in [0.15, 0.2) is 36.7 Å². The second-order valence-corrected chi connectivity index (χ2v) is 7.52. The molecule has 1 atom stereocenters. The molecule has 0 spiro atoms. The zero-order valence-electron chi connectivity index (χ0n) is 16.8. The molecule has 2 aromatic rings. The fraction of sp³-hybridized carbons (Fsp3) is 0.455. The molecule has 7 heteroatoms. The highest BCUT2D eigenvalue weighted by Crippen LogP contribution is 2.30. The van der Waals surface area contributed by atoms with Gasteiger partial charge in [-0.15, -0.1) is 0 Å². The molecule has 7 nitrogen and oxygen atoms in total. The monoisotopic (exact) mass is 396 g/mol. The standard InChI is InChI=1S/C22H28N4O3/c1-16-6-7-23-14-19(16)25-18-4-5-21-17(13-18)15-26-9-2-3-20(26)22(27)24-8-10-28-11-12-29-21/h4-7,13-14,20,25H,2-3,8-12,15H2,1H3,(H,24,27). The molecule has 0 bridgehead atoms. The molecule has 1 aromatic heterocycles. The summed E-state index contributed by atoms with van der Waals surface area (Å²) < 4.78 is 11.6. The van der Waals surface area contributed by atoms with Crippen molar-refractivity contribution in [1.29, 1.82) is 0 Å². The van der Waals surface area contributed by atoms with Crippen LogP contribution in [0.5, 0.6) is 5.75 Å². The molecule has 29 heavy (non-hydrogen) atoms. The van der Waals surface area contributed by atoms with Gasteiger partial charge in [-0.1, -0.05) is 0 Å². The van der Waals surface area contributed by atoms with Crippen LogP contribution in [0, 0.1) is 6.92 Å². The van der Waals surface area contributed by atoms with Crippen LogP contribution in [-0.2, 0) is 16.1 Å². The second-order valence-electron chi connectivity index (χ2n) is 7.52. The lowest BCUT2D eigenvalue weighted by Gasteiger charge is -2.25. The Morgan fingerprint density at radius 2 is 2.17 bits per heavy atom. The number of carbonyl (C=O) groups is 1. The van der Waals surface area contributed by atoms with Gasteiger partial charge in [0, 0.05) is 30.5 Å². The van der Waals surface area contributed by atoms with E-state index in [2.05, 4.69) is 33.5 Å². The Labute approximate surface area is 171 Å². The molecular formula is C22H28N4O3. The maximum atomic E-state index is 12.6. The van der Waals surface area contributed by atoms with Gasteiger partial charge in [0.1, 0.15) is 12.4 Å². The Bertz CT molecular complexity index is 858. The smallest absolute Gasteiger partial charge is 0.237 e. The predicted molar refractivity (Wildman–Crippen MR) is 111 cm³/mol. The van der Waals surface area contributed by atoms with Gasteiger partial charge in [-0.25, -0.2) is 0 Å². The van der Waals surface area contributed by atoms with Crippen LogP contribution in [-0.4, -0.2) is 54.7 Å². The van der Waals surface area contributed by atoms with Gasteiger partial charge in [-0.05, 0) is 56.1 Å². The van der Waals surface area contributed by atoms with Crippen molar-refractivity contribution in [1.82, 2.24) is 15.2 Å². The van der Waals surface area contributed by atoms with E-state index in [-0.39, 0.29) is 11.9 Å². The molecule has 1 amide bonds. The lowest BCUT2D eigenvalue weighted by Crippen LogP contribution is -2.43. The Balaban J connectivity index is 1.60. The lowest BCUT2D eigenvalue weighted by atomic mass is 10.1. The molecule has 1 unspecified atom stereocenters. The van der Waals surface area contributed by atoms with Crippen molar-refractivity contribution >= 4 is 17.3 Å². The Morgan fingerprint density at radius 3 is 3.07 bits per heavy atom. The minimum atomic E-state index is -0.0965. The zero-order chi connectivity index (χ0) is 20.1. The van der Waals surface area contributed by atoms with Crippen molar-refractivity contribution in [2.24, 2.45) is 0 Å². The quantitative estimate of drug-likeness (QED) is 0.813. The minimum absolute atomic E-state index is 0.0908. The molecule has 4 rings (SSSR count). The largest absolute Gasteiger partial charge is 0.491 e. The number of nitrogens with one attached hydrogen (secondary N) is 2. The molecule has 2 N–H and O–H groups in total. The number of hydrogen-bond acceptors (Lipinski definition) is 6. The number of hydrogen-bond donors (Lipinski definition) is 2. The molecule has 0 radical (unpaired) electrons. The number of carbonyl (C=O) groups excluding carboxylic acids is 1. The van der Waals surface area contributed by atoms with Crippen LogP contribution in [0.25, 0.3) is 0 Å². The van der Waals surface area contributed by atoms with Crippen molar-refractivity contribution in [2.45, 2.75) is 32.4 Å². The molecule has 154 valence electrons. The van der Waals surface area contributed by atoms with Crippen molar-refractivity contribution in [3.05, 3.63) is 47.8 Å². The Morgan fingerprint density at radius 1 is 1.24 bits per heavy atom. The third kappa shape index (κ3) is 4.86. The number of benzene rings is 1. The van der Waals surface area contributed by atoms with Gasteiger partial charge in [-0.3, -0.25) is 14.7 Å². The summed E-state index contributed by atoms with van der Waals surface area (Å²) in [5, 5.41) is 6.45. The highest BCUT2D eigenvalue weighted by atomic mass is 16.5. The van der Waals surface area contributed by atoms with Gasteiger partial charge in [0.05, 0.1) is 31.1 Å². The number of anilines is 2. The van der Waals surface area contributed by atoms with Crippen LogP contribution in [0.1, 0.15) is 24.0 Å². The molecule has 0 saturated carbocycles. The number of amides is 1.